The minimum atomic E-state index is -0.506. The van der Waals surface area contributed by atoms with Gasteiger partial charge in [0.05, 0.1) is 5.69 Å². The molecule has 20 heavy (non-hydrogen) atoms. The second-order valence-corrected chi connectivity index (χ2v) is 5.06. The number of halogens is 2. The Bertz CT molecular complexity index is 690. The van der Waals surface area contributed by atoms with Gasteiger partial charge >= 0.3 is 0 Å². The molecule has 1 amide bonds. The van der Waals surface area contributed by atoms with Crippen LogP contribution in [0.3, 0.4) is 0 Å². The van der Waals surface area contributed by atoms with Crippen LogP contribution in [0.5, 0.6) is 11.5 Å². The van der Waals surface area contributed by atoms with Gasteiger partial charge in [-0.2, -0.15) is 0 Å². The van der Waals surface area contributed by atoms with E-state index in [0.717, 1.165) is 0 Å². The number of amides is 1. The van der Waals surface area contributed by atoms with Gasteiger partial charge in [-0.05, 0) is 36.4 Å². The molecule has 1 heterocycles. The van der Waals surface area contributed by atoms with Gasteiger partial charge in [-0.25, -0.2) is 4.39 Å². The van der Waals surface area contributed by atoms with Gasteiger partial charge < -0.3 is 14.8 Å². The lowest BCUT2D eigenvalue weighted by Gasteiger charge is -2.07. The molecule has 2 aromatic rings. The first-order valence-corrected chi connectivity index (χ1v) is 6.59. The Labute approximate surface area is 122 Å². The van der Waals surface area contributed by atoms with Crippen molar-refractivity contribution in [1.29, 1.82) is 0 Å². The zero-order chi connectivity index (χ0) is 14.1. The van der Waals surface area contributed by atoms with Crippen LogP contribution >= 0.6 is 15.9 Å². The molecule has 3 rings (SSSR count). The summed E-state index contributed by atoms with van der Waals surface area (Å²) in [5, 5.41) is 2.51. The molecule has 1 aliphatic heterocycles. The molecule has 0 fully saturated rings. The van der Waals surface area contributed by atoms with E-state index in [1.165, 1.54) is 12.1 Å². The van der Waals surface area contributed by atoms with Crippen LogP contribution in [0.25, 0.3) is 0 Å². The van der Waals surface area contributed by atoms with Gasteiger partial charge in [-0.1, -0.05) is 15.9 Å². The first kappa shape index (κ1) is 12.9. The molecule has 0 aliphatic carbocycles. The third-order valence-corrected chi connectivity index (χ3v) is 3.31. The SMILES string of the molecule is O=C(Nc1ccc(Br)cc1F)c1ccc2c(c1)OCO2. The number of hydrogen-bond acceptors (Lipinski definition) is 3. The average molecular weight is 338 g/mol. The van der Waals surface area contributed by atoms with Gasteiger partial charge in [0.2, 0.25) is 6.79 Å². The van der Waals surface area contributed by atoms with Gasteiger partial charge in [-0.15, -0.1) is 0 Å². The monoisotopic (exact) mass is 337 g/mol. The number of nitrogens with one attached hydrogen (secondary N) is 1. The van der Waals surface area contributed by atoms with Crippen molar-refractivity contribution in [3.63, 3.8) is 0 Å². The molecule has 4 nitrogen and oxygen atoms in total. The fourth-order valence-corrected chi connectivity index (χ4v) is 2.16. The van der Waals surface area contributed by atoms with Crippen LogP contribution in [0.2, 0.25) is 0 Å². The van der Waals surface area contributed by atoms with Crippen molar-refractivity contribution in [3.8, 4) is 11.5 Å². The number of hydrogen-bond donors (Lipinski definition) is 1. The molecular formula is C14H9BrFNO3. The topological polar surface area (TPSA) is 47.6 Å². The molecular weight excluding hydrogens is 329 g/mol. The zero-order valence-electron chi connectivity index (χ0n) is 10.2. The Balaban J connectivity index is 1.82. The van der Waals surface area contributed by atoms with Crippen LogP contribution in [0, 0.1) is 5.82 Å². The highest BCUT2D eigenvalue weighted by molar-refractivity contribution is 9.10. The molecule has 1 N–H and O–H groups in total. The van der Waals surface area contributed by atoms with Crippen molar-refractivity contribution in [2.75, 3.05) is 12.1 Å². The summed E-state index contributed by atoms with van der Waals surface area (Å²) in [5.74, 6) is 0.184. The van der Waals surface area contributed by atoms with Gasteiger partial charge in [0.1, 0.15) is 5.82 Å². The van der Waals surface area contributed by atoms with Crippen LogP contribution in [0.15, 0.2) is 40.9 Å². The largest absolute Gasteiger partial charge is 0.454 e. The predicted octanol–water partition coefficient (Wildman–Crippen LogP) is 3.57. The lowest BCUT2D eigenvalue weighted by Crippen LogP contribution is -2.12. The number of rotatable bonds is 2. The van der Waals surface area contributed by atoms with Crippen LogP contribution in [-0.4, -0.2) is 12.7 Å². The standard InChI is InChI=1S/C14H9BrFNO3/c15-9-2-3-11(10(16)6-9)17-14(18)8-1-4-12-13(5-8)20-7-19-12/h1-6H,7H2,(H,17,18). The predicted molar refractivity (Wildman–Crippen MR) is 74.6 cm³/mol. The number of fused-ring (bicyclic) bond motifs is 1. The molecule has 0 bridgehead atoms. The highest BCUT2D eigenvalue weighted by atomic mass is 79.9. The molecule has 1 aliphatic rings. The summed E-state index contributed by atoms with van der Waals surface area (Å²) in [6.07, 6.45) is 0. The maximum absolute atomic E-state index is 13.7. The first-order valence-electron chi connectivity index (χ1n) is 5.79. The first-order chi connectivity index (χ1) is 9.63. The molecule has 0 radical (unpaired) electrons. The van der Waals surface area contributed by atoms with E-state index in [-0.39, 0.29) is 12.5 Å². The van der Waals surface area contributed by atoms with E-state index < -0.39 is 11.7 Å². The second-order valence-electron chi connectivity index (χ2n) is 4.15. The normalized spacial score (nSPS) is 12.3. The van der Waals surface area contributed by atoms with Crippen LogP contribution in [0.1, 0.15) is 10.4 Å². The highest BCUT2D eigenvalue weighted by Gasteiger charge is 2.17. The van der Waals surface area contributed by atoms with Crippen LogP contribution in [-0.2, 0) is 0 Å². The van der Waals surface area contributed by atoms with E-state index in [1.807, 2.05) is 0 Å². The number of carbonyl (C=O) groups is 1. The molecule has 102 valence electrons. The maximum Gasteiger partial charge on any atom is 0.255 e. The van der Waals surface area contributed by atoms with Gasteiger partial charge in [0.25, 0.3) is 5.91 Å². The smallest absolute Gasteiger partial charge is 0.255 e. The van der Waals surface area contributed by atoms with E-state index in [2.05, 4.69) is 21.2 Å². The molecule has 0 saturated heterocycles. The molecule has 0 aromatic heterocycles. The Kier molecular flexibility index (Phi) is 3.31. The molecule has 0 unspecified atom stereocenters. The number of ether oxygens (including phenoxy) is 2. The van der Waals surface area contributed by atoms with Crippen molar-refractivity contribution in [2.45, 2.75) is 0 Å². The summed E-state index contributed by atoms with van der Waals surface area (Å²) >= 11 is 3.16. The quantitative estimate of drug-likeness (QED) is 0.911. The molecule has 0 spiro atoms. The van der Waals surface area contributed by atoms with E-state index >= 15 is 0 Å². The summed E-state index contributed by atoms with van der Waals surface area (Å²) in [6, 6.07) is 9.24. The lowest BCUT2D eigenvalue weighted by atomic mass is 10.2. The van der Waals surface area contributed by atoms with Crippen LogP contribution in [0.4, 0.5) is 10.1 Å². The molecule has 2 aromatic carbocycles. The van der Waals surface area contributed by atoms with Crippen molar-refractivity contribution in [1.82, 2.24) is 0 Å². The Morgan fingerprint density at radius 3 is 2.75 bits per heavy atom. The minimum Gasteiger partial charge on any atom is -0.454 e. The fourth-order valence-electron chi connectivity index (χ4n) is 1.82. The fraction of sp³-hybridized carbons (Fsp3) is 0.0714. The molecule has 0 atom stereocenters. The number of anilines is 1. The highest BCUT2D eigenvalue weighted by Crippen LogP contribution is 2.32. The summed E-state index contributed by atoms with van der Waals surface area (Å²) in [7, 11) is 0. The Hall–Kier alpha value is -2.08. The summed E-state index contributed by atoms with van der Waals surface area (Å²) in [4.78, 5) is 12.1. The number of carbonyl (C=O) groups excluding carboxylic acids is 1. The molecule has 6 heteroatoms. The third-order valence-electron chi connectivity index (χ3n) is 2.81. The maximum atomic E-state index is 13.7. The van der Waals surface area contributed by atoms with Crippen molar-refractivity contribution in [3.05, 3.63) is 52.3 Å². The summed E-state index contributed by atoms with van der Waals surface area (Å²) < 4.78 is 24.6. The van der Waals surface area contributed by atoms with E-state index in [0.29, 0.717) is 21.5 Å². The van der Waals surface area contributed by atoms with Crippen LogP contribution < -0.4 is 14.8 Å². The summed E-state index contributed by atoms with van der Waals surface area (Å²) in [6.45, 7) is 0.141. The van der Waals surface area contributed by atoms with Crippen molar-refractivity contribution >= 4 is 27.5 Å². The van der Waals surface area contributed by atoms with Gasteiger partial charge in [0.15, 0.2) is 11.5 Å². The number of benzene rings is 2. The second kappa shape index (κ2) is 5.13. The lowest BCUT2D eigenvalue weighted by molar-refractivity contribution is 0.102. The zero-order valence-corrected chi connectivity index (χ0v) is 11.7. The van der Waals surface area contributed by atoms with Gasteiger partial charge in [-0.3, -0.25) is 4.79 Å². The van der Waals surface area contributed by atoms with E-state index in [1.54, 1.807) is 24.3 Å². The summed E-state index contributed by atoms with van der Waals surface area (Å²) in [5.41, 5.74) is 0.493. The third kappa shape index (κ3) is 2.46. The van der Waals surface area contributed by atoms with Gasteiger partial charge in [0, 0.05) is 10.0 Å². The van der Waals surface area contributed by atoms with E-state index in [4.69, 9.17) is 9.47 Å². The van der Waals surface area contributed by atoms with Crippen molar-refractivity contribution in [2.24, 2.45) is 0 Å². The average Bonchev–Trinajstić information content (AvgIpc) is 2.89. The minimum absolute atomic E-state index is 0.121. The Morgan fingerprint density at radius 1 is 1.15 bits per heavy atom. The molecule has 0 saturated carbocycles. The van der Waals surface area contributed by atoms with Crippen molar-refractivity contribution < 1.29 is 18.7 Å². The van der Waals surface area contributed by atoms with E-state index in [9.17, 15) is 9.18 Å². The Morgan fingerprint density at radius 2 is 1.95 bits per heavy atom.